The van der Waals surface area contributed by atoms with Gasteiger partial charge in [0.2, 0.25) is 5.91 Å². The van der Waals surface area contributed by atoms with Crippen molar-refractivity contribution in [3.05, 3.63) is 12.2 Å². The molecule has 330 valence electrons. The second-order valence-corrected chi connectivity index (χ2v) is 42.0. The molecule has 9 nitrogen and oxygen atoms in total. The molecule has 7 atom stereocenters. The second kappa shape index (κ2) is 18.6. The summed E-state index contributed by atoms with van der Waals surface area (Å²) in [5.41, 5.74) is -0.752. The van der Waals surface area contributed by atoms with Crippen LogP contribution in [0, 0.1) is 17.8 Å². The average Bonchev–Trinajstić information content (AvgIpc) is 3.70. The van der Waals surface area contributed by atoms with Gasteiger partial charge in [-0.3, -0.25) is 14.4 Å². The highest BCUT2D eigenvalue weighted by Gasteiger charge is 2.65. The van der Waals surface area contributed by atoms with Crippen molar-refractivity contribution in [3.8, 4) is 0 Å². The highest BCUT2D eigenvalue weighted by Crippen LogP contribution is 2.52. The number of hydrogen-bond donors (Lipinski definition) is 0. The predicted octanol–water partition coefficient (Wildman–Crippen LogP) is 11.4. The minimum Gasteiger partial charge on any atom is -0.416 e. The summed E-state index contributed by atoms with van der Waals surface area (Å²) in [7, 11) is -6.72. The Morgan fingerprint density at radius 1 is 0.714 bits per heavy atom. The van der Waals surface area contributed by atoms with Crippen LogP contribution in [-0.4, -0.2) is 101 Å². The number of hydroxylamine groups is 2. The van der Waals surface area contributed by atoms with Crippen molar-refractivity contribution in [2.75, 3.05) is 27.4 Å². The third-order valence-electron chi connectivity index (χ3n) is 14.3. The lowest BCUT2D eigenvalue weighted by Gasteiger charge is -2.46. The molecule has 1 amide bonds. The largest absolute Gasteiger partial charge is 0.416 e. The molecule has 1 aliphatic rings. The summed E-state index contributed by atoms with van der Waals surface area (Å²) in [6, 6.07) is 0. The van der Waals surface area contributed by atoms with Crippen LogP contribution in [0.1, 0.15) is 110 Å². The summed E-state index contributed by atoms with van der Waals surface area (Å²) < 4.78 is 35.5. The van der Waals surface area contributed by atoms with E-state index in [1.54, 1.807) is 7.05 Å². The molecule has 0 aromatic carbocycles. The Morgan fingerprint density at radius 3 is 1.48 bits per heavy atom. The van der Waals surface area contributed by atoms with Gasteiger partial charge < -0.3 is 22.4 Å². The monoisotopic (exact) mass is 860 g/mol. The van der Waals surface area contributed by atoms with E-state index < -0.39 is 62.9 Å². The Kier molecular flexibility index (Phi) is 17.8. The first-order valence-electron chi connectivity index (χ1n) is 21.0. The number of allylic oxidation sites excluding steroid dienone is 1. The zero-order valence-corrected chi connectivity index (χ0v) is 45.0. The first-order chi connectivity index (χ1) is 24.7. The van der Waals surface area contributed by atoms with Gasteiger partial charge in [0.1, 0.15) is 11.4 Å². The lowest BCUT2D eigenvalue weighted by molar-refractivity contribution is -0.171. The second-order valence-electron chi connectivity index (χ2n) is 22.9. The predicted molar refractivity (Wildman–Crippen MR) is 244 cm³/mol. The van der Waals surface area contributed by atoms with Crippen LogP contribution in [0.3, 0.4) is 0 Å². The summed E-state index contributed by atoms with van der Waals surface area (Å²) in [4.78, 5) is 35.4. The Balaban J connectivity index is 4.32. The van der Waals surface area contributed by atoms with Crippen LogP contribution in [0.5, 0.6) is 0 Å². The zero-order chi connectivity index (χ0) is 44.5. The molecule has 1 heterocycles. The Labute approximate surface area is 349 Å². The molecule has 0 aliphatic carbocycles. The Hall–Kier alpha value is -0.492. The fourth-order valence-electron chi connectivity index (χ4n) is 5.81. The topological polar surface area (TPSA) is 96.1 Å². The van der Waals surface area contributed by atoms with E-state index in [1.165, 1.54) is 12.2 Å². The van der Waals surface area contributed by atoms with Gasteiger partial charge in [0.15, 0.2) is 33.3 Å². The van der Waals surface area contributed by atoms with Crippen molar-refractivity contribution in [1.82, 2.24) is 5.06 Å². The van der Waals surface area contributed by atoms with E-state index in [0.29, 0.717) is 0 Å². The third-order valence-corrected chi connectivity index (χ3v) is 32.3. The minimum absolute atomic E-state index is 0.0353. The van der Waals surface area contributed by atoms with Crippen LogP contribution in [0.25, 0.3) is 0 Å². The average molecular weight is 861 g/mol. The van der Waals surface area contributed by atoms with Crippen molar-refractivity contribution in [2.24, 2.45) is 17.8 Å². The first-order valence-corrected chi connectivity index (χ1v) is 32.7. The molecule has 1 rings (SSSR count). The van der Waals surface area contributed by atoms with Gasteiger partial charge in [-0.15, -0.1) is 0 Å². The molecule has 56 heavy (non-hydrogen) atoms. The summed E-state index contributed by atoms with van der Waals surface area (Å²) in [5, 5.41) is 0.721. The number of nitrogens with zero attached hydrogens (tertiary/aromatic N) is 1. The number of epoxide rings is 1. The van der Waals surface area contributed by atoms with Crippen LogP contribution in [0.2, 0.25) is 72.5 Å². The number of ether oxygens (including phenoxy) is 1. The standard InChI is InChI=1S/C43H89NO8Si4/c1-26-27-31(2)37-43(15,50-37)38(52-56(24,25)42(12,13)14)33(30-49-54(20,21)40(6,7)8)36(46)32(29-48-53(18,19)39(3,4)5)34(28-35(45)44(16)47-17)51-55(22,23)41(9,10)11/h26-27,31-34,37-38H,28-30H2,1-25H3/b27-26-/t31-,32+,33-,34-,37+,38-,43?/m0/s1. The van der Waals surface area contributed by atoms with E-state index in [2.05, 4.69) is 161 Å². The number of rotatable bonds is 20. The molecule has 0 N–H and O–H groups in total. The van der Waals surface area contributed by atoms with Crippen LogP contribution in [0.4, 0.5) is 0 Å². The van der Waals surface area contributed by atoms with Crippen molar-refractivity contribution < 1.29 is 36.9 Å². The van der Waals surface area contributed by atoms with Gasteiger partial charge in [-0.1, -0.05) is 102 Å². The van der Waals surface area contributed by atoms with Gasteiger partial charge >= 0.3 is 0 Å². The fraction of sp³-hybridized carbons (Fsp3) is 0.907. The third kappa shape index (κ3) is 13.3. The van der Waals surface area contributed by atoms with Gasteiger partial charge in [-0.2, -0.15) is 0 Å². The molecule has 0 aromatic rings. The summed E-state index contributed by atoms with van der Waals surface area (Å²) >= 11 is 0. The van der Waals surface area contributed by atoms with Gasteiger partial charge in [-0.25, -0.2) is 5.06 Å². The van der Waals surface area contributed by atoms with Gasteiger partial charge in [-0.05, 0) is 86.4 Å². The van der Waals surface area contributed by atoms with Crippen molar-refractivity contribution in [3.63, 3.8) is 0 Å². The molecule has 0 bridgehead atoms. The molecular formula is C43H89NO8Si4. The van der Waals surface area contributed by atoms with Crippen molar-refractivity contribution in [1.29, 1.82) is 0 Å². The lowest BCUT2D eigenvalue weighted by atomic mass is 9.79. The number of carbonyl (C=O) groups is 2. The number of hydrogen-bond acceptors (Lipinski definition) is 8. The smallest absolute Gasteiger partial charge is 0.248 e. The van der Waals surface area contributed by atoms with Gasteiger partial charge in [0, 0.05) is 26.2 Å². The molecule has 0 aromatic heterocycles. The Bertz CT molecular complexity index is 1340. The van der Waals surface area contributed by atoms with Gasteiger partial charge in [0.25, 0.3) is 0 Å². The number of amides is 1. The molecular weight excluding hydrogens is 771 g/mol. The molecule has 1 unspecified atom stereocenters. The van der Waals surface area contributed by atoms with E-state index in [0.717, 1.165) is 0 Å². The quantitative estimate of drug-likeness (QED) is 0.0517. The Morgan fingerprint density at radius 2 is 1.11 bits per heavy atom. The van der Waals surface area contributed by atoms with Crippen LogP contribution >= 0.6 is 0 Å². The number of ketones is 1. The maximum absolute atomic E-state index is 16.1. The summed E-state index contributed by atoms with van der Waals surface area (Å²) in [6.07, 6.45) is 2.67. The van der Waals surface area contributed by atoms with E-state index in [1.807, 2.05) is 6.92 Å². The van der Waals surface area contributed by atoms with Gasteiger partial charge in [0.05, 0.1) is 43.7 Å². The van der Waals surface area contributed by atoms with Crippen molar-refractivity contribution >= 4 is 45.0 Å². The zero-order valence-electron chi connectivity index (χ0n) is 41.0. The molecule has 1 fully saturated rings. The van der Waals surface area contributed by atoms with E-state index in [-0.39, 0.29) is 63.5 Å². The van der Waals surface area contributed by atoms with E-state index >= 15 is 4.79 Å². The normalized spacial score (nSPS) is 22.1. The maximum atomic E-state index is 16.1. The van der Waals surface area contributed by atoms with Crippen LogP contribution < -0.4 is 0 Å². The first kappa shape index (κ1) is 53.5. The maximum Gasteiger partial charge on any atom is 0.248 e. The molecule has 13 heteroatoms. The van der Waals surface area contributed by atoms with E-state index in [9.17, 15) is 4.79 Å². The highest BCUT2D eigenvalue weighted by molar-refractivity contribution is 6.75. The highest BCUT2D eigenvalue weighted by atomic mass is 28.4. The molecule has 0 radical (unpaired) electrons. The minimum atomic E-state index is -2.55. The van der Waals surface area contributed by atoms with E-state index in [4.69, 9.17) is 27.3 Å². The molecule has 0 spiro atoms. The lowest BCUT2D eigenvalue weighted by Crippen LogP contribution is -2.57. The van der Waals surface area contributed by atoms with Crippen LogP contribution in [-0.2, 0) is 36.9 Å². The summed E-state index contributed by atoms with van der Waals surface area (Å²) in [6.45, 7) is 50.8. The van der Waals surface area contributed by atoms with Crippen molar-refractivity contribution in [2.45, 2.75) is 207 Å². The van der Waals surface area contributed by atoms with Crippen LogP contribution in [0.15, 0.2) is 12.2 Å². The molecule has 0 saturated carbocycles. The molecule has 1 aliphatic heterocycles. The molecule has 1 saturated heterocycles. The number of carbonyl (C=O) groups excluding carboxylic acids is 2. The summed E-state index contributed by atoms with van der Waals surface area (Å²) in [5.74, 6) is -1.72. The fourth-order valence-corrected chi connectivity index (χ4v) is 10.6. The number of Topliss-reactive ketones (excluding diaryl/α,β-unsaturated/α-hetero) is 1. The SMILES string of the molecule is C/C=C\[C@H](C)[C@H]1OC1(C)[C@@H](O[Si](C)(C)C(C)(C)C)[C@@H](CO[Si](C)(C)C(C)(C)C)C(=O)[C@H](CO[Si](C)(C)C(C)(C)C)[C@H](CC(=O)N(C)OC)O[Si](C)(C)C(C)(C)C.